The largest absolute Gasteiger partial charge is 0.481 e. The molecule has 1 aromatic carbocycles. The molecule has 0 aliphatic rings. The number of carboxylic acids is 1. The summed E-state index contributed by atoms with van der Waals surface area (Å²) in [4.78, 5) is 10.4. The molecule has 6 heteroatoms. The van der Waals surface area contributed by atoms with Crippen LogP contribution < -0.4 is 5.73 Å². The van der Waals surface area contributed by atoms with Gasteiger partial charge in [-0.05, 0) is 18.6 Å². The van der Waals surface area contributed by atoms with Crippen LogP contribution in [0.15, 0.2) is 6.07 Å². The molecule has 0 aliphatic carbocycles. The van der Waals surface area contributed by atoms with Crippen LogP contribution in [0, 0.1) is 24.4 Å². The molecule has 1 atom stereocenters. The lowest BCUT2D eigenvalue weighted by atomic mass is 9.98. The SMILES string of the molecule is Cc1cc(F)c(F)c(F)c1C(N)CC(=O)O. The van der Waals surface area contributed by atoms with Gasteiger partial charge in [0.25, 0.3) is 0 Å². The Hall–Kier alpha value is -1.56. The third-order valence-corrected chi connectivity index (χ3v) is 2.17. The lowest BCUT2D eigenvalue weighted by molar-refractivity contribution is -0.137. The number of halogens is 3. The van der Waals surface area contributed by atoms with Gasteiger partial charge < -0.3 is 10.8 Å². The van der Waals surface area contributed by atoms with Gasteiger partial charge in [0.2, 0.25) is 0 Å². The van der Waals surface area contributed by atoms with E-state index in [9.17, 15) is 18.0 Å². The first-order valence-electron chi connectivity index (χ1n) is 4.46. The molecule has 0 fully saturated rings. The Labute approximate surface area is 89.7 Å². The van der Waals surface area contributed by atoms with Gasteiger partial charge in [0.1, 0.15) is 0 Å². The Kier molecular flexibility index (Phi) is 3.54. The quantitative estimate of drug-likeness (QED) is 0.783. The molecule has 0 aromatic heterocycles. The van der Waals surface area contributed by atoms with Gasteiger partial charge in [-0.1, -0.05) is 0 Å². The Morgan fingerprint density at radius 1 is 1.44 bits per heavy atom. The first-order chi connectivity index (χ1) is 7.34. The topological polar surface area (TPSA) is 63.3 Å². The Balaban J connectivity index is 3.23. The van der Waals surface area contributed by atoms with Crippen molar-refractivity contribution in [3.8, 4) is 0 Å². The number of hydrogen-bond acceptors (Lipinski definition) is 2. The van der Waals surface area contributed by atoms with Crippen molar-refractivity contribution in [3.05, 3.63) is 34.6 Å². The minimum absolute atomic E-state index is 0.0881. The van der Waals surface area contributed by atoms with E-state index in [1.54, 1.807) is 0 Å². The molecule has 0 radical (unpaired) electrons. The summed E-state index contributed by atoms with van der Waals surface area (Å²) in [5.41, 5.74) is 5.19. The number of aryl methyl sites for hydroxylation is 1. The van der Waals surface area contributed by atoms with Crippen LogP contribution in [-0.2, 0) is 4.79 Å². The highest BCUT2D eigenvalue weighted by Gasteiger charge is 2.22. The first-order valence-corrected chi connectivity index (χ1v) is 4.46. The molecular weight excluding hydrogens is 223 g/mol. The molecule has 0 saturated carbocycles. The molecule has 0 bridgehead atoms. The third-order valence-electron chi connectivity index (χ3n) is 2.17. The average Bonchev–Trinajstić information content (AvgIpc) is 2.13. The molecule has 88 valence electrons. The standard InChI is InChI=1S/C10H10F3NO2/c1-4-2-5(11)9(12)10(13)8(4)6(14)3-7(15)16/h2,6H,3,14H2,1H3,(H,15,16). The second-order valence-electron chi connectivity index (χ2n) is 3.42. The van der Waals surface area contributed by atoms with Crippen molar-refractivity contribution in [2.75, 3.05) is 0 Å². The summed E-state index contributed by atoms with van der Waals surface area (Å²) in [5.74, 6) is -5.62. The van der Waals surface area contributed by atoms with E-state index in [0.717, 1.165) is 6.07 Å². The highest BCUT2D eigenvalue weighted by atomic mass is 19.2. The highest BCUT2D eigenvalue weighted by molar-refractivity contribution is 5.68. The van der Waals surface area contributed by atoms with Crippen LogP contribution in [0.4, 0.5) is 13.2 Å². The summed E-state index contributed by atoms with van der Waals surface area (Å²) < 4.78 is 39.0. The summed E-state index contributed by atoms with van der Waals surface area (Å²) in [5, 5.41) is 8.48. The fourth-order valence-corrected chi connectivity index (χ4v) is 1.47. The summed E-state index contributed by atoms with van der Waals surface area (Å²) in [6.07, 6.45) is -0.553. The van der Waals surface area contributed by atoms with Gasteiger partial charge in [-0.15, -0.1) is 0 Å². The van der Waals surface area contributed by atoms with Crippen LogP contribution in [0.5, 0.6) is 0 Å². The number of aliphatic carboxylic acids is 1. The predicted octanol–water partition coefficient (Wildman–Crippen LogP) is 1.89. The van der Waals surface area contributed by atoms with E-state index in [4.69, 9.17) is 10.8 Å². The van der Waals surface area contributed by atoms with E-state index in [1.807, 2.05) is 0 Å². The maximum Gasteiger partial charge on any atom is 0.305 e. The molecule has 0 saturated heterocycles. The van der Waals surface area contributed by atoms with Crippen molar-refractivity contribution in [3.63, 3.8) is 0 Å². The van der Waals surface area contributed by atoms with Crippen LogP contribution in [0.3, 0.4) is 0 Å². The van der Waals surface area contributed by atoms with Gasteiger partial charge in [0, 0.05) is 11.6 Å². The summed E-state index contributed by atoms with van der Waals surface area (Å²) in [7, 11) is 0. The Morgan fingerprint density at radius 2 is 2.00 bits per heavy atom. The maximum absolute atomic E-state index is 13.3. The molecule has 3 nitrogen and oxygen atoms in total. The Bertz CT molecular complexity index is 435. The molecule has 0 spiro atoms. The smallest absolute Gasteiger partial charge is 0.305 e. The van der Waals surface area contributed by atoms with Gasteiger partial charge in [-0.25, -0.2) is 13.2 Å². The van der Waals surface area contributed by atoms with Crippen LogP contribution >= 0.6 is 0 Å². The van der Waals surface area contributed by atoms with E-state index >= 15 is 0 Å². The fraction of sp³-hybridized carbons (Fsp3) is 0.300. The van der Waals surface area contributed by atoms with Gasteiger partial charge >= 0.3 is 5.97 Å². The monoisotopic (exact) mass is 233 g/mol. The lowest BCUT2D eigenvalue weighted by Crippen LogP contribution is -2.19. The van der Waals surface area contributed by atoms with Crippen LogP contribution in [-0.4, -0.2) is 11.1 Å². The zero-order valence-electron chi connectivity index (χ0n) is 8.43. The normalized spacial score (nSPS) is 12.6. The number of carboxylic acid groups (broad SMARTS) is 1. The fourth-order valence-electron chi connectivity index (χ4n) is 1.47. The van der Waals surface area contributed by atoms with Crippen molar-refractivity contribution in [2.45, 2.75) is 19.4 Å². The van der Waals surface area contributed by atoms with Crippen LogP contribution in [0.25, 0.3) is 0 Å². The molecular formula is C10H10F3NO2. The average molecular weight is 233 g/mol. The van der Waals surface area contributed by atoms with E-state index in [1.165, 1.54) is 6.92 Å². The first kappa shape index (κ1) is 12.5. The number of benzene rings is 1. The Morgan fingerprint density at radius 3 is 2.50 bits per heavy atom. The third kappa shape index (κ3) is 2.33. The molecule has 16 heavy (non-hydrogen) atoms. The summed E-state index contributed by atoms with van der Waals surface area (Å²) in [6.45, 7) is 1.34. The van der Waals surface area contributed by atoms with E-state index in [2.05, 4.69) is 0 Å². The minimum atomic E-state index is -1.64. The van der Waals surface area contributed by atoms with Crippen molar-refractivity contribution in [1.29, 1.82) is 0 Å². The van der Waals surface area contributed by atoms with Gasteiger partial charge in [-0.3, -0.25) is 4.79 Å². The van der Waals surface area contributed by atoms with E-state index in [0.29, 0.717) is 0 Å². The van der Waals surface area contributed by atoms with Crippen molar-refractivity contribution in [2.24, 2.45) is 5.73 Å². The molecule has 3 N–H and O–H groups in total. The molecule has 1 unspecified atom stereocenters. The second-order valence-corrected chi connectivity index (χ2v) is 3.42. The van der Waals surface area contributed by atoms with Gasteiger partial charge in [-0.2, -0.15) is 0 Å². The van der Waals surface area contributed by atoms with Crippen LogP contribution in [0.2, 0.25) is 0 Å². The zero-order valence-corrected chi connectivity index (χ0v) is 8.43. The van der Waals surface area contributed by atoms with Gasteiger partial charge in [0.15, 0.2) is 17.5 Å². The number of hydrogen-bond donors (Lipinski definition) is 2. The maximum atomic E-state index is 13.3. The molecule has 0 aliphatic heterocycles. The number of nitrogens with two attached hydrogens (primary N) is 1. The lowest BCUT2D eigenvalue weighted by Gasteiger charge is -2.14. The molecule has 0 heterocycles. The van der Waals surface area contributed by atoms with Crippen molar-refractivity contribution < 1.29 is 23.1 Å². The summed E-state index contributed by atoms with van der Waals surface area (Å²) in [6, 6.07) is -0.414. The number of rotatable bonds is 3. The molecule has 0 amide bonds. The predicted molar refractivity (Wildman–Crippen MR) is 50.2 cm³/mol. The summed E-state index contributed by atoms with van der Waals surface area (Å²) >= 11 is 0. The second kappa shape index (κ2) is 4.52. The van der Waals surface area contributed by atoms with E-state index in [-0.39, 0.29) is 11.1 Å². The van der Waals surface area contributed by atoms with E-state index < -0.39 is 35.9 Å². The van der Waals surface area contributed by atoms with Crippen LogP contribution in [0.1, 0.15) is 23.6 Å². The molecule has 1 rings (SSSR count). The van der Waals surface area contributed by atoms with Crippen molar-refractivity contribution >= 4 is 5.97 Å². The highest BCUT2D eigenvalue weighted by Crippen LogP contribution is 2.25. The molecule has 1 aromatic rings. The van der Waals surface area contributed by atoms with Crippen molar-refractivity contribution in [1.82, 2.24) is 0 Å². The number of carbonyl (C=O) groups is 1. The van der Waals surface area contributed by atoms with Gasteiger partial charge in [0.05, 0.1) is 6.42 Å². The zero-order chi connectivity index (χ0) is 12.5. The minimum Gasteiger partial charge on any atom is -0.481 e.